The van der Waals surface area contributed by atoms with Crippen LogP contribution in [-0.2, 0) is 20.9 Å². The van der Waals surface area contributed by atoms with E-state index in [9.17, 15) is 31.5 Å². The lowest BCUT2D eigenvalue weighted by molar-refractivity contribution is -0.177. The van der Waals surface area contributed by atoms with Gasteiger partial charge in [-0.1, -0.05) is 0 Å². The Bertz CT molecular complexity index is 860. The highest BCUT2D eigenvalue weighted by atomic mass is 19.2. The van der Waals surface area contributed by atoms with Gasteiger partial charge in [-0.3, -0.25) is 9.59 Å². The Morgan fingerprint density at radius 3 is 1.97 bits per heavy atom. The predicted octanol–water partition coefficient (Wildman–Crippen LogP) is 3.90. The Labute approximate surface area is 163 Å². The summed E-state index contributed by atoms with van der Waals surface area (Å²) in [5, 5.41) is 2.97. The largest absolute Gasteiger partial charge is 0.460 e. The summed E-state index contributed by atoms with van der Waals surface area (Å²) in [4.78, 5) is 24.6. The molecule has 5 rings (SSSR count). The van der Waals surface area contributed by atoms with Crippen LogP contribution >= 0.6 is 0 Å². The lowest BCUT2D eigenvalue weighted by atomic mass is 9.47. The van der Waals surface area contributed by atoms with Crippen molar-refractivity contribution >= 4 is 11.9 Å². The number of esters is 1. The molecule has 0 saturated heterocycles. The SMILES string of the molecule is CC(=O)NC12C[C@H]3C[C@@H](C1)CC(C(=O)OCc1c(F)c(F)c(F)c(F)c1F)(C3)C2. The molecule has 2 unspecified atom stereocenters. The van der Waals surface area contributed by atoms with Gasteiger partial charge < -0.3 is 10.1 Å². The number of carbonyl (C=O) groups is 2. The van der Waals surface area contributed by atoms with Crippen molar-refractivity contribution in [3.8, 4) is 0 Å². The highest BCUT2D eigenvalue weighted by molar-refractivity contribution is 5.79. The minimum atomic E-state index is -2.26. The topological polar surface area (TPSA) is 55.4 Å². The maximum atomic E-state index is 13.9. The molecule has 9 heteroatoms. The fourth-order valence-corrected chi connectivity index (χ4v) is 6.09. The molecule has 4 aliphatic rings. The molecule has 0 radical (unpaired) electrons. The summed E-state index contributed by atoms with van der Waals surface area (Å²) in [6, 6.07) is 0. The quantitative estimate of drug-likeness (QED) is 0.350. The van der Waals surface area contributed by atoms with E-state index in [4.69, 9.17) is 4.74 Å². The first kappa shape index (κ1) is 20.1. The van der Waals surface area contributed by atoms with Crippen molar-refractivity contribution < 1.29 is 36.3 Å². The van der Waals surface area contributed by atoms with Crippen LogP contribution in [0.5, 0.6) is 0 Å². The zero-order valence-corrected chi connectivity index (χ0v) is 15.7. The van der Waals surface area contributed by atoms with Crippen molar-refractivity contribution in [1.82, 2.24) is 5.32 Å². The lowest BCUT2D eigenvalue weighted by Crippen LogP contribution is -2.64. The average Bonchev–Trinajstić information content (AvgIpc) is 2.62. The van der Waals surface area contributed by atoms with E-state index in [2.05, 4.69) is 5.32 Å². The molecule has 1 aromatic rings. The second-order valence-corrected chi connectivity index (χ2v) is 8.83. The van der Waals surface area contributed by atoms with E-state index in [1.165, 1.54) is 6.92 Å². The van der Waals surface area contributed by atoms with Crippen molar-refractivity contribution in [3.05, 3.63) is 34.6 Å². The molecule has 29 heavy (non-hydrogen) atoms. The molecule has 4 saturated carbocycles. The third-order valence-corrected chi connectivity index (χ3v) is 6.58. The fraction of sp³-hybridized carbons (Fsp3) is 0.600. The van der Waals surface area contributed by atoms with E-state index in [1.807, 2.05) is 0 Å². The van der Waals surface area contributed by atoms with Crippen molar-refractivity contribution in [2.45, 2.75) is 57.6 Å². The van der Waals surface area contributed by atoms with Crippen LogP contribution in [0.3, 0.4) is 0 Å². The summed E-state index contributed by atoms with van der Waals surface area (Å²) < 4.78 is 72.7. The van der Waals surface area contributed by atoms with Crippen LogP contribution in [0.2, 0.25) is 0 Å². The Hall–Kier alpha value is -2.19. The maximum absolute atomic E-state index is 13.9. The number of carbonyl (C=O) groups excluding carboxylic acids is 2. The number of ether oxygens (including phenoxy) is 1. The fourth-order valence-electron chi connectivity index (χ4n) is 6.09. The second kappa shape index (κ2) is 6.67. The number of hydrogen-bond acceptors (Lipinski definition) is 3. The highest BCUT2D eigenvalue weighted by Gasteiger charge is 2.61. The Kier molecular flexibility index (Phi) is 4.62. The highest BCUT2D eigenvalue weighted by Crippen LogP contribution is 2.62. The summed E-state index contributed by atoms with van der Waals surface area (Å²) in [5.41, 5.74) is -2.60. The van der Waals surface area contributed by atoms with Crippen molar-refractivity contribution in [3.63, 3.8) is 0 Å². The van der Waals surface area contributed by atoms with Gasteiger partial charge in [0.05, 0.1) is 11.0 Å². The normalized spacial score (nSPS) is 32.3. The molecule has 158 valence electrons. The Morgan fingerprint density at radius 1 is 0.931 bits per heavy atom. The van der Waals surface area contributed by atoms with Gasteiger partial charge in [0, 0.05) is 12.5 Å². The number of amides is 1. The van der Waals surface area contributed by atoms with Crippen LogP contribution < -0.4 is 5.32 Å². The molecule has 0 spiro atoms. The zero-order valence-electron chi connectivity index (χ0n) is 15.7. The molecule has 4 aliphatic carbocycles. The summed E-state index contributed by atoms with van der Waals surface area (Å²) >= 11 is 0. The van der Waals surface area contributed by atoms with Crippen LogP contribution in [0.25, 0.3) is 0 Å². The first-order valence-corrected chi connectivity index (χ1v) is 9.52. The average molecular weight is 417 g/mol. The molecule has 1 amide bonds. The Morgan fingerprint density at radius 2 is 1.45 bits per heavy atom. The van der Waals surface area contributed by atoms with Crippen LogP contribution in [0.4, 0.5) is 22.0 Å². The van der Waals surface area contributed by atoms with Gasteiger partial charge in [-0.05, 0) is 50.4 Å². The first-order chi connectivity index (χ1) is 13.6. The van der Waals surface area contributed by atoms with Gasteiger partial charge in [0.1, 0.15) is 6.61 Å². The zero-order chi connectivity index (χ0) is 21.1. The monoisotopic (exact) mass is 417 g/mol. The standard InChI is InChI=1S/C20H20F5NO3/c1-9(27)26-20-5-10-2-11(6-20)4-19(3-10,8-20)18(28)29-7-12-13(21)15(23)17(25)16(24)14(12)22/h10-11H,2-8H2,1H3,(H,26,27)/t10-,11+,19?,20?. The van der Waals surface area contributed by atoms with Gasteiger partial charge in [0.25, 0.3) is 0 Å². The van der Waals surface area contributed by atoms with E-state index in [-0.39, 0.29) is 17.7 Å². The van der Waals surface area contributed by atoms with E-state index in [1.54, 1.807) is 0 Å². The molecule has 4 bridgehead atoms. The number of halogens is 5. The third kappa shape index (κ3) is 3.18. The molecule has 0 heterocycles. The van der Waals surface area contributed by atoms with Gasteiger partial charge in [0.15, 0.2) is 23.3 Å². The summed E-state index contributed by atoms with van der Waals surface area (Å²) in [5.74, 6) is -10.9. The molecular weight excluding hydrogens is 397 g/mol. The minimum Gasteiger partial charge on any atom is -0.460 e. The predicted molar refractivity (Wildman–Crippen MR) is 89.7 cm³/mol. The van der Waals surface area contributed by atoms with Gasteiger partial charge in [-0.15, -0.1) is 0 Å². The van der Waals surface area contributed by atoms with Gasteiger partial charge in [0.2, 0.25) is 11.7 Å². The summed E-state index contributed by atoms with van der Waals surface area (Å²) in [7, 11) is 0. The van der Waals surface area contributed by atoms with Gasteiger partial charge >= 0.3 is 5.97 Å². The number of benzene rings is 1. The van der Waals surface area contributed by atoms with E-state index < -0.39 is 58.2 Å². The second-order valence-electron chi connectivity index (χ2n) is 8.83. The van der Waals surface area contributed by atoms with E-state index in [0.717, 1.165) is 19.3 Å². The molecule has 0 aromatic heterocycles. The van der Waals surface area contributed by atoms with Crippen LogP contribution in [-0.4, -0.2) is 17.4 Å². The van der Waals surface area contributed by atoms with Crippen molar-refractivity contribution in [2.24, 2.45) is 17.3 Å². The van der Waals surface area contributed by atoms with Crippen LogP contribution in [0.1, 0.15) is 51.0 Å². The Balaban J connectivity index is 1.56. The van der Waals surface area contributed by atoms with Gasteiger partial charge in [-0.2, -0.15) is 0 Å². The first-order valence-electron chi connectivity index (χ1n) is 9.52. The van der Waals surface area contributed by atoms with Gasteiger partial charge in [-0.25, -0.2) is 22.0 Å². The molecule has 4 atom stereocenters. The number of nitrogens with one attached hydrogen (secondary N) is 1. The molecule has 1 N–H and O–H groups in total. The number of hydrogen-bond donors (Lipinski definition) is 1. The lowest BCUT2D eigenvalue weighted by Gasteiger charge is -2.60. The summed E-state index contributed by atoms with van der Waals surface area (Å²) in [6.07, 6.45) is 3.86. The van der Waals surface area contributed by atoms with E-state index in [0.29, 0.717) is 19.3 Å². The maximum Gasteiger partial charge on any atom is 0.312 e. The summed E-state index contributed by atoms with van der Waals surface area (Å²) in [6.45, 7) is 0.363. The minimum absolute atomic E-state index is 0.197. The van der Waals surface area contributed by atoms with Crippen molar-refractivity contribution in [2.75, 3.05) is 0 Å². The molecule has 4 nitrogen and oxygen atoms in total. The van der Waals surface area contributed by atoms with Crippen LogP contribution in [0.15, 0.2) is 0 Å². The third-order valence-electron chi connectivity index (χ3n) is 6.58. The van der Waals surface area contributed by atoms with Crippen molar-refractivity contribution in [1.29, 1.82) is 0 Å². The van der Waals surface area contributed by atoms with Crippen LogP contribution in [0, 0.1) is 46.3 Å². The van der Waals surface area contributed by atoms with E-state index >= 15 is 0 Å². The molecule has 0 aliphatic heterocycles. The molecule has 4 fully saturated rings. The smallest absolute Gasteiger partial charge is 0.312 e. The molecular formula is C20H20F5NO3. The number of rotatable bonds is 4. The molecule has 1 aromatic carbocycles.